The summed E-state index contributed by atoms with van der Waals surface area (Å²) >= 11 is 7.23. The van der Waals surface area contributed by atoms with Gasteiger partial charge >= 0.3 is 0 Å². The molecule has 2 amide bonds. The summed E-state index contributed by atoms with van der Waals surface area (Å²) in [6.07, 6.45) is 0.798. The highest BCUT2D eigenvalue weighted by atomic mass is 35.5. The fraction of sp³-hybridized carbons (Fsp3) is 0.333. The Kier molecular flexibility index (Phi) is 7.64. The van der Waals surface area contributed by atoms with Crippen molar-refractivity contribution < 1.29 is 18.0 Å². The summed E-state index contributed by atoms with van der Waals surface area (Å²) in [6, 6.07) is 12.0. The maximum Gasteiger partial charge on any atom is 0.241 e. The molecule has 7 nitrogen and oxygen atoms in total. The minimum absolute atomic E-state index is 0.00474. The van der Waals surface area contributed by atoms with Crippen molar-refractivity contribution in [1.82, 2.24) is 10.6 Å². The number of hydrogen-bond acceptors (Lipinski definition) is 6. The Hall–Kier alpha value is -2.07. The third-order valence-electron chi connectivity index (χ3n) is 4.95. The fourth-order valence-corrected chi connectivity index (χ4v) is 5.72. The van der Waals surface area contributed by atoms with Gasteiger partial charge < -0.3 is 10.6 Å². The SMILES string of the molecule is CCc1ccccc1NC(=O)CSC1NCC(S(=O)(=O)c2ccc(C)c(Cl)c2)C(=O)N1. The van der Waals surface area contributed by atoms with E-state index in [1.807, 2.05) is 31.2 Å². The predicted octanol–water partition coefficient (Wildman–Crippen LogP) is 2.73. The van der Waals surface area contributed by atoms with Crippen LogP contribution in [-0.2, 0) is 25.8 Å². The summed E-state index contributed by atoms with van der Waals surface area (Å²) in [4.78, 5) is 24.8. The molecule has 0 saturated carbocycles. The molecule has 0 spiro atoms. The number of para-hydroxylation sites is 1. The Morgan fingerprint density at radius 3 is 2.68 bits per heavy atom. The van der Waals surface area contributed by atoms with Crippen molar-refractivity contribution in [2.45, 2.75) is 35.9 Å². The first-order valence-electron chi connectivity index (χ1n) is 9.75. The Labute approximate surface area is 191 Å². The molecule has 2 aromatic rings. The van der Waals surface area contributed by atoms with Crippen LogP contribution < -0.4 is 16.0 Å². The molecule has 31 heavy (non-hydrogen) atoms. The van der Waals surface area contributed by atoms with Gasteiger partial charge in [0.05, 0.1) is 10.6 Å². The highest BCUT2D eigenvalue weighted by Crippen LogP contribution is 2.25. The average molecular weight is 482 g/mol. The van der Waals surface area contributed by atoms with Crippen LogP contribution in [0.5, 0.6) is 0 Å². The maximum atomic E-state index is 12.9. The van der Waals surface area contributed by atoms with Crippen molar-refractivity contribution in [2.75, 3.05) is 17.6 Å². The topological polar surface area (TPSA) is 104 Å². The molecule has 2 atom stereocenters. The van der Waals surface area contributed by atoms with Crippen molar-refractivity contribution >= 4 is 50.7 Å². The van der Waals surface area contributed by atoms with Gasteiger partial charge in [0.2, 0.25) is 11.8 Å². The van der Waals surface area contributed by atoms with Gasteiger partial charge in [-0.2, -0.15) is 0 Å². The number of thioether (sulfide) groups is 1. The molecule has 2 aromatic carbocycles. The van der Waals surface area contributed by atoms with Crippen LogP contribution >= 0.6 is 23.4 Å². The summed E-state index contributed by atoms with van der Waals surface area (Å²) in [5.41, 5.74) is 1.99. The van der Waals surface area contributed by atoms with E-state index in [1.165, 1.54) is 23.9 Å². The predicted molar refractivity (Wildman–Crippen MR) is 124 cm³/mol. The molecule has 3 rings (SSSR count). The lowest BCUT2D eigenvalue weighted by atomic mass is 10.1. The zero-order valence-electron chi connectivity index (χ0n) is 17.1. The number of nitrogens with one attached hydrogen (secondary N) is 3. The van der Waals surface area contributed by atoms with Gasteiger partial charge in [0.1, 0.15) is 5.50 Å². The minimum Gasteiger partial charge on any atom is -0.331 e. The summed E-state index contributed by atoms with van der Waals surface area (Å²) in [5.74, 6) is -0.711. The number of benzene rings is 2. The fourth-order valence-electron chi connectivity index (χ4n) is 3.14. The lowest BCUT2D eigenvalue weighted by molar-refractivity contribution is -0.122. The first-order chi connectivity index (χ1) is 14.7. The standard InChI is InChI=1S/C21H24ClN3O4S2/c1-3-14-6-4-5-7-17(14)24-19(26)12-30-21-23-11-18(20(27)25-21)31(28,29)15-9-8-13(2)16(22)10-15/h4-10,18,21,23H,3,11-12H2,1-2H3,(H,24,26)(H,25,27). The normalized spacial score (nSPS) is 19.0. The van der Waals surface area contributed by atoms with Crippen LogP contribution in [0.2, 0.25) is 5.02 Å². The van der Waals surface area contributed by atoms with Gasteiger partial charge in [-0.15, -0.1) is 11.8 Å². The third kappa shape index (κ3) is 5.60. The number of hydrogen-bond donors (Lipinski definition) is 3. The zero-order valence-corrected chi connectivity index (χ0v) is 19.5. The molecule has 1 fully saturated rings. The Balaban J connectivity index is 1.57. The summed E-state index contributed by atoms with van der Waals surface area (Å²) < 4.78 is 25.7. The second-order valence-electron chi connectivity index (χ2n) is 7.11. The number of anilines is 1. The van der Waals surface area contributed by atoms with Crippen molar-refractivity contribution in [2.24, 2.45) is 0 Å². The van der Waals surface area contributed by atoms with Gasteiger partial charge in [0.15, 0.2) is 15.1 Å². The first kappa shape index (κ1) is 23.6. The largest absolute Gasteiger partial charge is 0.331 e. The molecule has 0 radical (unpaired) electrons. The molecule has 0 aromatic heterocycles. The Bertz CT molecular complexity index is 1090. The van der Waals surface area contributed by atoms with Crippen molar-refractivity contribution in [3.63, 3.8) is 0 Å². The highest BCUT2D eigenvalue weighted by molar-refractivity contribution is 8.00. The molecule has 1 saturated heterocycles. The van der Waals surface area contributed by atoms with Gasteiger partial charge in [0.25, 0.3) is 0 Å². The lowest BCUT2D eigenvalue weighted by Crippen LogP contribution is -2.59. The van der Waals surface area contributed by atoms with Crippen LogP contribution in [0.15, 0.2) is 47.4 Å². The third-order valence-corrected chi connectivity index (χ3v) is 8.45. The van der Waals surface area contributed by atoms with Gasteiger partial charge in [-0.25, -0.2) is 8.42 Å². The van der Waals surface area contributed by atoms with E-state index in [-0.39, 0.29) is 23.1 Å². The Morgan fingerprint density at radius 1 is 1.26 bits per heavy atom. The number of carbonyl (C=O) groups is 2. The van der Waals surface area contributed by atoms with Gasteiger partial charge in [-0.3, -0.25) is 14.9 Å². The smallest absolute Gasteiger partial charge is 0.241 e. The summed E-state index contributed by atoms with van der Waals surface area (Å²) in [7, 11) is -3.90. The number of carbonyl (C=O) groups excluding carboxylic acids is 2. The van der Waals surface area contributed by atoms with Crippen LogP contribution in [-0.4, -0.2) is 43.3 Å². The second-order valence-corrected chi connectivity index (χ2v) is 10.7. The number of amides is 2. The van der Waals surface area contributed by atoms with Crippen LogP contribution in [0.4, 0.5) is 5.69 Å². The molecule has 3 N–H and O–H groups in total. The van der Waals surface area contributed by atoms with Gasteiger partial charge in [-0.1, -0.05) is 42.8 Å². The van der Waals surface area contributed by atoms with Crippen LogP contribution in [0.25, 0.3) is 0 Å². The number of sulfone groups is 1. The van der Waals surface area contributed by atoms with Crippen LogP contribution in [0.1, 0.15) is 18.1 Å². The number of rotatable bonds is 7. The van der Waals surface area contributed by atoms with E-state index in [4.69, 9.17) is 11.6 Å². The molecule has 0 bridgehead atoms. The van der Waals surface area contributed by atoms with E-state index in [2.05, 4.69) is 16.0 Å². The molecule has 0 aliphatic carbocycles. The van der Waals surface area contributed by atoms with E-state index in [0.717, 1.165) is 23.2 Å². The van der Waals surface area contributed by atoms with Gasteiger partial charge in [-0.05, 0) is 42.7 Å². The monoisotopic (exact) mass is 481 g/mol. The molecule has 1 aliphatic heterocycles. The first-order valence-corrected chi connectivity index (χ1v) is 12.7. The lowest BCUT2D eigenvalue weighted by Gasteiger charge is -2.29. The van der Waals surface area contributed by atoms with Crippen LogP contribution in [0.3, 0.4) is 0 Å². The molecular weight excluding hydrogens is 458 g/mol. The molecule has 10 heteroatoms. The van der Waals surface area contributed by atoms with Crippen molar-refractivity contribution in [3.8, 4) is 0 Å². The molecule has 166 valence electrons. The van der Waals surface area contributed by atoms with Crippen LogP contribution in [0, 0.1) is 6.92 Å². The van der Waals surface area contributed by atoms with Gasteiger partial charge in [0, 0.05) is 17.3 Å². The minimum atomic E-state index is -3.90. The average Bonchev–Trinajstić information content (AvgIpc) is 2.74. The van der Waals surface area contributed by atoms with E-state index < -0.39 is 26.5 Å². The molecule has 1 aliphatic rings. The highest BCUT2D eigenvalue weighted by Gasteiger charge is 2.38. The molecule has 1 heterocycles. The molecular formula is C21H24ClN3O4S2. The zero-order chi connectivity index (χ0) is 22.6. The summed E-state index contributed by atoms with van der Waals surface area (Å²) in [6.45, 7) is 3.72. The van der Waals surface area contributed by atoms with E-state index in [1.54, 1.807) is 13.0 Å². The quantitative estimate of drug-likeness (QED) is 0.561. The maximum absolute atomic E-state index is 12.9. The summed E-state index contributed by atoms with van der Waals surface area (Å²) in [5, 5.41) is 7.54. The number of aryl methyl sites for hydroxylation is 2. The van der Waals surface area contributed by atoms with Crippen molar-refractivity contribution in [1.29, 1.82) is 0 Å². The number of halogens is 1. The Morgan fingerprint density at radius 2 is 2.00 bits per heavy atom. The van der Waals surface area contributed by atoms with Crippen molar-refractivity contribution in [3.05, 3.63) is 58.6 Å². The van der Waals surface area contributed by atoms with E-state index in [9.17, 15) is 18.0 Å². The van der Waals surface area contributed by atoms with E-state index in [0.29, 0.717) is 5.02 Å². The van der Waals surface area contributed by atoms with E-state index >= 15 is 0 Å². The molecule has 2 unspecified atom stereocenters. The second kappa shape index (κ2) is 10.0.